The van der Waals surface area contributed by atoms with Crippen LogP contribution in [0.25, 0.3) is 0 Å². The fourth-order valence-corrected chi connectivity index (χ4v) is 3.89. The van der Waals surface area contributed by atoms with Crippen molar-refractivity contribution in [2.45, 2.75) is 43.9 Å². The molecule has 1 heterocycles. The highest BCUT2D eigenvalue weighted by Crippen LogP contribution is 2.26. The number of nitrogens with zero attached hydrogens (tertiary/aromatic N) is 2. The van der Waals surface area contributed by atoms with E-state index >= 15 is 0 Å². The number of amides is 1. The number of anilines is 1. The molecule has 1 aromatic heterocycles. The third-order valence-corrected chi connectivity index (χ3v) is 5.27. The molecule has 0 radical (unpaired) electrons. The van der Waals surface area contributed by atoms with E-state index in [1.54, 1.807) is 11.8 Å². The Morgan fingerprint density at radius 2 is 2.00 bits per heavy atom. The molecule has 0 spiro atoms. The summed E-state index contributed by atoms with van der Waals surface area (Å²) >= 11 is 3.06. The van der Waals surface area contributed by atoms with Gasteiger partial charge in [0.1, 0.15) is 5.75 Å². The van der Waals surface area contributed by atoms with Crippen molar-refractivity contribution < 1.29 is 9.53 Å². The minimum absolute atomic E-state index is 0.0367. The van der Waals surface area contributed by atoms with E-state index in [0.717, 1.165) is 35.8 Å². The highest BCUT2D eigenvalue weighted by molar-refractivity contribution is 8.01. The number of unbranched alkanes of at least 4 members (excludes halogenated alkanes) is 1. The molecule has 1 N–H and O–H groups in total. The van der Waals surface area contributed by atoms with Gasteiger partial charge in [-0.05, 0) is 30.5 Å². The van der Waals surface area contributed by atoms with Crippen molar-refractivity contribution >= 4 is 34.1 Å². The maximum Gasteiger partial charge on any atom is 0.264 e. The highest BCUT2D eigenvalue weighted by atomic mass is 32.2. The van der Waals surface area contributed by atoms with Crippen molar-refractivity contribution in [1.82, 2.24) is 10.2 Å². The van der Waals surface area contributed by atoms with Crippen LogP contribution in [0.5, 0.6) is 5.75 Å². The smallest absolute Gasteiger partial charge is 0.264 e. The molecule has 0 saturated heterocycles. The lowest BCUT2D eigenvalue weighted by atomic mass is 10.1. The molecule has 0 unspecified atom stereocenters. The summed E-state index contributed by atoms with van der Waals surface area (Å²) in [7, 11) is 0. The molecule has 0 atom stereocenters. The van der Waals surface area contributed by atoms with Crippen LogP contribution in [-0.2, 0) is 11.2 Å². The zero-order valence-corrected chi connectivity index (χ0v) is 15.7. The molecule has 2 aromatic rings. The van der Waals surface area contributed by atoms with Gasteiger partial charge in [-0.1, -0.05) is 61.9 Å². The Morgan fingerprint density at radius 3 is 2.71 bits per heavy atom. The Morgan fingerprint density at radius 1 is 1.21 bits per heavy atom. The van der Waals surface area contributed by atoms with Gasteiger partial charge in [-0.2, -0.15) is 0 Å². The summed E-state index contributed by atoms with van der Waals surface area (Å²) in [5, 5.41) is 11.3. The summed E-state index contributed by atoms with van der Waals surface area (Å²) in [4.78, 5) is 11.9. The number of aryl methyl sites for hydroxylation is 1. The average molecular weight is 366 g/mol. The van der Waals surface area contributed by atoms with Crippen molar-refractivity contribution in [3.63, 3.8) is 0 Å². The number of rotatable bonds is 10. The number of benzene rings is 1. The first-order chi connectivity index (χ1) is 11.7. The summed E-state index contributed by atoms with van der Waals surface area (Å²) in [5.74, 6) is 1.49. The number of ether oxygens (including phenoxy) is 1. The molecule has 7 heteroatoms. The summed E-state index contributed by atoms with van der Waals surface area (Å²) < 4.78 is 6.38. The Balaban J connectivity index is 1.74. The molecular weight excluding hydrogens is 342 g/mol. The molecule has 0 fully saturated rings. The van der Waals surface area contributed by atoms with Gasteiger partial charge in [0.15, 0.2) is 10.9 Å². The Hall–Kier alpha value is -1.60. The molecular formula is C17H23N3O2S2. The predicted octanol–water partition coefficient (Wildman–Crippen LogP) is 4.40. The van der Waals surface area contributed by atoms with Gasteiger partial charge in [-0.25, -0.2) is 0 Å². The first-order valence-electron chi connectivity index (χ1n) is 8.19. The third kappa shape index (κ3) is 6.49. The lowest BCUT2D eigenvalue weighted by Crippen LogP contribution is -2.20. The van der Waals surface area contributed by atoms with E-state index in [1.807, 2.05) is 24.3 Å². The van der Waals surface area contributed by atoms with Crippen LogP contribution >= 0.6 is 23.1 Å². The van der Waals surface area contributed by atoms with Gasteiger partial charge in [0.2, 0.25) is 5.13 Å². The van der Waals surface area contributed by atoms with Crippen molar-refractivity contribution in [1.29, 1.82) is 0 Å². The number of nitrogens with one attached hydrogen (secondary N) is 1. The van der Waals surface area contributed by atoms with Gasteiger partial charge in [0.25, 0.3) is 5.91 Å². The van der Waals surface area contributed by atoms with Crippen molar-refractivity contribution in [3.05, 3.63) is 29.8 Å². The van der Waals surface area contributed by atoms with Crippen LogP contribution in [0, 0.1) is 0 Å². The minimum atomic E-state index is -0.228. The molecule has 5 nitrogen and oxygen atoms in total. The minimum Gasteiger partial charge on any atom is -0.484 e. The van der Waals surface area contributed by atoms with E-state index in [0.29, 0.717) is 10.9 Å². The Kier molecular flexibility index (Phi) is 8.04. The normalized spacial score (nSPS) is 10.6. The van der Waals surface area contributed by atoms with Crippen LogP contribution < -0.4 is 10.1 Å². The first kappa shape index (κ1) is 18.7. The Labute approximate surface area is 151 Å². The third-order valence-electron chi connectivity index (χ3n) is 3.21. The van der Waals surface area contributed by atoms with Gasteiger partial charge in [0.05, 0.1) is 0 Å². The number of thioether (sulfide) groups is 1. The topological polar surface area (TPSA) is 64.1 Å². The lowest BCUT2D eigenvalue weighted by Gasteiger charge is -2.06. The highest BCUT2D eigenvalue weighted by Gasteiger charge is 2.09. The molecule has 2 rings (SSSR count). The molecule has 0 aliphatic carbocycles. The molecule has 0 aliphatic heterocycles. The molecule has 24 heavy (non-hydrogen) atoms. The SMILES string of the molecule is CCCCSc1nnc(NC(=O)COc2ccc(CCC)cc2)s1. The van der Waals surface area contributed by atoms with Crippen LogP contribution in [0.3, 0.4) is 0 Å². The van der Waals surface area contributed by atoms with E-state index in [9.17, 15) is 4.79 Å². The molecule has 0 aliphatic rings. The van der Waals surface area contributed by atoms with Crippen LogP contribution in [0.4, 0.5) is 5.13 Å². The van der Waals surface area contributed by atoms with E-state index in [1.165, 1.54) is 16.9 Å². The zero-order valence-electron chi connectivity index (χ0n) is 14.1. The van der Waals surface area contributed by atoms with E-state index in [4.69, 9.17) is 4.74 Å². The number of carbonyl (C=O) groups excluding carboxylic acids is 1. The number of hydrogen-bond donors (Lipinski definition) is 1. The zero-order chi connectivity index (χ0) is 17.2. The quantitative estimate of drug-likeness (QED) is 0.384. The van der Waals surface area contributed by atoms with Gasteiger partial charge >= 0.3 is 0 Å². The van der Waals surface area contributed by atoms with Crippen molar-refractivity contribution in [3.8, 4) is 5.75 Å². The largest absolute Gasteiger partial charge is 0.484 e. The molecule has 1 amide bonds. The molecule has 130 valence electrons. The van der Waals surface area contributed by atoms with Crippen LogP contribution in [-0.4, -0.2) is 28.5 Å². The standard InChI is InChI=1S/C17H23N3O2S2/c1-3-5-11-23-17-20-19-16(24-17)18-15(21)12-22-14-9-7-13(6-4-2)8-10-14/h7-10H,3-6,11-12H2,1-2H3,(H,18,19,21). The fourth-order valence-electron chi connectivity index (χ4n) is 1.97. The predicted molar refractivity (Wildman–Crippen MR) is 100 cm³/mol. The van der Waals surface area contributed by atoms with Crippen molar-refractivity contribution in [2.75, 3.05) is 17.7 Å². The average Bonchev–Trinajstić information content (AvgIpc) is 3.02. The summed E-state index contributed by atoms with van der Waals surface area (Å²) in [6.45, 7) is 4.27. The maximum atomic E-state index is 11.9. The number of aromatic nitrogens is 2. The summed E-state index contributed by atoms with van der Waals surface area (Å²) in [6, 6.07) is 7.85. The van der Waals surface area contributed by atoms with Crippen LogP contribution in [0.2, 0.25) is 0 Å². The van der Waals surface area contributed by atoms with Gasteiger partial charge in [-0.3, -0.25) is 10.1 Å². The van der Waals surface area contributed by atoms with Crippen LogP contribution in [0.1, 0.15) is 38.7 Å². The number of carbonyl (C=O) groups is 1. The fraction of sp³-hybridized carbons (Fsp3) is 0.471. The molecule has 0 saturated carbocycles. The Bertz CT molecular complexity index is 629. The second-order valence-electron chi connectivity index (χ2n) is 5.31. The molecule has 0 bridgehead atoms. The first-order valence-corrected chi connectivity index (χ1v) is 9.99. The van der Waals surface area contributed by atoms with Gasteiger partial charge < -0.3 is 4.74 Å². The van der Waals surface area contributed by atoms with Crippen LogP contribution in [0.15, 0.2) is 28.6 Å². The van der Waals surface area contributed by atoms with Crippen molar-refractivity contribution in [2.24, 2.45) is 0 Å². The van der Waals surface area contributed by atoms with Gasteiger partial charge in [0, 0.05) is 5.75 Å². The van der Waals surface area contributed by atoms with E-state index < -0.39 is 0 Å². The monoisotopic (exact) mass is 365 g/mol. The van der Waals surface area contributed by atoms with E-state index in [-0.39, 0.29) is 12.5 Å². The molecule has 1 aromatic carbocycles. The second kappa shape index (κ2) is 10.3. The maximum absolute atomic E-state index is 11.9. The van der Waals surface area contributed by atoms with Gasteiger partial charge in [-0.15, -0.1) is 10.2 Å². The summed E-state index contributed by atoms with van der Waals surface area (Å²) in [6.07, 6.45) is 4.47. The lowest BCUT2D eigenvalue weighted by molar-refractivity contribution is -0.118. The second-order valence-corrected chi connectivity index (χ2v) is 7.63. The van der Waals surface area contributed by atoms with E-state index in [2.05, 4.69) is 29.4 Å². The number of hydrogen-bond acceptors (Lipinski definition) is 6. The summed E-state index contributed by atoms with van der Waals surface area (Å²) in [5.41, 5.74) is 1.27.